The molecule has 59 heavy (non-hydrogen) atoms. The number of ketones is 1. The number of Topliss-reactive ketones (excluding diaryl/α,β-unsaturated/α-hetero) is 1. The standard InChI is InChI=1S/C46H67FN6O6/c1-26(2)34-29(54)22-46(36(56)38-50-51-39(53(38)21-20-52(10)11)37-48-24-27(47)25-49-37)19-18-44(8)28(35(34)46)12-13-31-43(7)16-15-32(59-33(55)23-41(3,4)40(57)58)42(5,6)30(43)14-17-45(31,44)9/h24-26,28,30-32,36,56H,12-23H2,1-11H3,(H,57,58)/t28-,30+,31-,32+,36-,43+,44-,45-,46-/m1/s1. The highest BCUT2D eigenvalue weighted by molar-refractivity contribution is 6.00. The van der Waals surface area contributed by atoms with E-state index in [2.05, 4.69) is 68.6 Å². The number of hydrogen-bond donors (Lipinski definition) is 2. The number of aliphatic hydroxyl groups excluding tert-OH is 1. The molecule has 2 heterocycles. The van der Waals surface area contributed by atoms with E-state index in [1.54, 1.807) is 13.8 Å². The van der Waals surface area contributed by atoms with E-state index in [1.165, 1.54) is 0 Å². The number of aliphatic hydroxyl groups is 1. The summed E-state index contributed by atoms with van der Waals surface area (Å²) in [5.74, 6) is -0.147. The SMILES string of the molecule is CC(C)C1=C2[C@H]3CC[C@@H]4[C@@]5(C)CC[C@H](OC(=O)CC(C)(C)C(=O)O)C(C)(C)[C@@H]5CC[C@@]4(C)[C@]3(C)CC[C@@]2([C@H](O)c2nnc(-c3ncc(F)cn3)n2CCN(C)C)CC1=O. The second-order valence-corrected chi connectivity index (χ2v) is 21.5. The first kappa shape index (κ1) is 43.5. The summed E-state index contributed by atoms with van der Waals surface area (Å²) in [5, 5.41) is 31.6. The van der Waals surface area contributed by atoms with Crippen molar-refractivity contribution in [3.8, 4) is 11.6 Å². The highest BCUT2D eigenvalue weighted by Crippen LogP contribution is 2.77. The third-order valence-electron chi connectivity index (χ3n) is 17.0. The van der Waals surface area contributed by atoms with Gasteiger partial charge in [0.15, 0.2) is 23.2 Å². The number of ether oxygens (including phenoxy) is 1. The molecule has 0 amide bonds. The van der Waals surface area contributed by atoms with Gasteiger partial charge in [0, 0.05) is 30.3 Å². The summed E-state index contributed by atoms with van der Waals surface area (Å²) in [5.41, 5.74) is -0.535. The third-order valence-corrected chi connectivity index (χ3v) is 17.0. The van der Waals surface area contributed by atoms with E-state index in [-0.39, 0.29) is 64.0 Å². The third kappa shape index (κ3) is 6.70. The molecule has 7 rings (SSSR count). The molecule has 0 saturated heterocycles. The van der Waals surface area contributed by atoms with Gasteiger partial charge in [-0.1, -0.05) is 48.5 Å². The molecule has 13 heteroatoms. The first-order chi connectivity index (χ1) is 27.4. The maximum atomic E-state index is 14.4. The number of hydrogen-bond acceptors (Lipinski definition) is 10. The van der Waals surface area contributed by atoms with Crippen molar-refractivity contribution in [2.75, 3.05) is 20.6 Å². The lowest BCUT2D eigenvalue weighted by molar-refractivity contribution is -0.235. The lowest BCUT2D eigenvalue weighted by Crippen LogP contribution is -2.66. The Balaban J connectivity index is 1.23. The van der Waals surface area contributed by atoms with Gasteiger partial charge in [0.2, 0.25) is 5.82 Å². The Morgan fingerprint density at radius 1 is 0.966 bits per heavy atom. The smallest absolute Gasteiger partial charge is 0.309 e. The number of likely N-dealkylation sites (N-methyl/N-ethyl adjacent to an activating group) is 1. The Morgan fingerprint density at radius 3 is 2.27 bits per heavy atom. The number of aromatic nitrogens is 5. The number of carboxylic acids is 1. The number of carbonyl (C=O) groups excluding carboxylic acids is 2. The van der Waals surface area contributed by atoms with Crippen molar-refractivity contribution in [3.63, 3.8) is 0 Å². The zero-order valence-corrected chi connectivity index (χ0v) is 37.2. The van der Waals surface area contributed by atoms with Crippen LogP contribution in [0.3, 0.4) is 0 Å². The normalized spacial score (nSPS) is 34.6. The Kier molecular flexibility index (Phi) is 10.9. The molecule has 0 unspecified atom stereocenters. The van der Waals surface area contributed by atoms with Gasteiger partial charge in [-0.2, -0.15) is 0 Å². The van der Waals surface area contributed by atoms with Crippen LogP contribution in [0.15, 0.2) is 23.5 Å². The number of esters is 1. The molecule has 9 atom stereocenters. The van der Waals surface area contributed by atoms with E-state index in [0.29, 0.717) is 43.0 Å². The van der Waals surface area contributed by atoms with Gasteiger partial charge in [0.25, 0.3) is 0 Å². The molecule has 2 aromatic rings. The number of rotatable bonds is 11. The maximum Gasteiger partial charge on any atom is 0.309 e. The second-order valence-electron chi connectivity index (χ2n) is 21.5. The van der Waals surface area contributed by atoms with E-state index in [4.69, 9.17) is 4.74 Å². The highest BCUT2D eigenvalue weighted by atomic mass is 19.1. The second kappa shape index (κ2) is 14.8. The van der Waals surface area contributed by atoms with Gasteiger partial charge < -0.3 is 24.4 Å². The van der Waals surface area contributed by atoms with Crippen LogP contribution in [0, 0.1) is 62.0 Å². The van der Waals surface area contributed by atoms with E-state index >= 15 is 0 Å². The number of carboxylic acid groups (broad SMARTS) is 1. The summed E-state index contributed by atoms with van der Waals surface area (Å²) < 4.78 is 21.9. The molecule has 324 valence electrons. The van der Waals surface area contributed by atoms with Crippen LogP contribution in [0.25, 0.3) is 11.6 Å². The van der Waals surface area contributed by atoms with E-state index in [1.807, 2.05) is 23.6 Å². The molecule has 12 nitrogen and oxygen atoms in total. The molecule has 2 aromatic heterocycles. The molecular formula is C46H67FN6O6. The summed E-state index contributed by atoms with van der Waals surface area (Å²) in [6.07, 6.45) is 7.93. The van der Waals surface area contributed by atoms with Gasteiger partial charge in [0.05, 0.1) is 24.2 Å². The summed E-state index contributed by atoms with van der Waals surface area (Å²) >= 11 is 0. The van der Waals surface area contributed by atoms with Crippen LogP contribution in [0.4, 0.5) is 4.39 Å². The Morgan fingerprint density at radius 2 is 1.64 bits per heavy atom. The summed E-state index contributed by atoms with van der Waals surface area (Å²) in [7, 11) is 3.94. The zero-order chi connectivity index (χ0) is 43.2. The van der Waals surface area contributed by atoms with Gasteiger partial charge in [0.1, 0.15) is 12.2 Å². The van der Waals surface area contributed by atoms with Gasteiger partial charge >= 0.3 is 11.9 Å². The van der Waals surface area contributed by atoms with Crippen molar-refractivity contribution in [2.24, 2.45) is 56.2 Å². The highest BCUT2D eigenvalue weighted by Gasteiger charge is 2.71. The van der Waals surface area contributed by atoms with Crippen molar-refractivity contribution in [3.05, 3.63) is 35.2 Å². The molecule has 0 bridgehead atoms. The number of fused-ring (bicyclic) bond motifs is 7. The fourth-order valence-electron chi connectivity index (χ4n) is 13.7. The van der Waals surface area contributed by atoms with Crippen molar-refractivity contribution in [1.29, 1.82) is 0 Å². The first-order valence-electron chi connectivity index (χ1n) is 21.9. The molecule has 0 spiro atoms. The summed E-state index contributed by atoms with van der Waals surface area (Å²) in [6.45, 7) is 20.4. The predicted octanol–water partition coefficient (Wildman–Crippen LogP) is 7.86. The largest absolute Gasteiger partial charge is 0.481 e. The molecule has 2 N–H and O–H groups in total. The number of allylic oxidation sites excluding steroid dienone is 1. The van der Waals surface area contributed by atoms with Crippen molar-refractivity contribution >= 4 is 17.7 Å². The minimum Gasteiger partial charge on any atom is -0.481 e. The van der Waals surface area contributed by atoms with Gasteiger partial charge in [-0.05, 0) is 130 Å². The van der Waals surface area contributed by atoms with Crippen LogP contribution in [0.2, 0.25) is 0 Å². The van der Waals surface area contributed by atoms with E-state index < -0.39 is 34.7 Å². The van der Waals surface area contributed by atoms with Crippen LogP contribution in [-0.4, -0.2) is 84.3 Å². The Hall–Kier alpha value is -3.58. The average molecular weight is 819 g/mol. The molecule has 4 fully saturated rings. The summed E-state index contributed by atoms with van der Waals surface area (Å²) in [4.78, 5) is 49.9. The summed E-state index contributed by atoms with van der Waals surface area (Å²) in [6, 6.07) is 0. The molecule has 5 aliphatic carbocycles. The molecular weight excluding hydrogens is 752 g/mol. The quantitative estimate of drug-likeness (QED) is 0.213. The Bertz CT molecular complexity index is 2030. The Labute approximate surface area is 349 Å². The fourth-order valence-corrected chi connectivity index (χ4v) is 13.7. The first-order valence-corrected chi connectivity index (χ1v) is 21.9. The monoisotopic (exact) mass is 819 g/mol. The topological polar surface area (TPSA) is 161 Å². The minimum absolute atomic E-state index is 0.00971. The molecule has 0 aliphatic heterocycles. The number of halogens is 1. The van der Waals surface area contributed by atoms with Crippen LogP contribution < -0.4 is 0 Å². The van der Waals surface area contributed by atoms with Crippen LogP contribution in [0.5, 0.6) is 0 Å². The van der Waals surface area contributed by atoms with Gasteiger partial charge in [-0.3, -0.25) is 14.4 Å². The number of nitrogens with zero attached hydrogens (tertiary/aromatic N) is 6. The van der Waals surface area contributed by atoms with Crippen LogP contribution >= 0.6 is 0 Å². The van der Waals surface area contributed by atoms with Crippen molar-refractivity contribution in [2.45, 2.75) is 145 Å². The van der Waals surface area contributed by atoms with Gasteiger partial charge in [-0.25, -0.2) is 14.4 Å². The molecule has 4 saturated carbocycles. The fraction of sp³-hybridized carbons (Fsp3) is 0.761. The maximum absolute atomic E-state index is 14.4. The predicted molar refractivity (Wildman–Crippen MR) is 220 cm³/mol. The molecule has 5 aliphatic rings. The van der Waals surface area contributed by atoms with Crippen molar-refractivity contribution < 1.29 is 33.7 Å². The number of carbonyl (C=O) groups is 3. The lowest BCUT2D eigenvalue weighted by Gasteiger charge is -2.72. The molecule has 0 aromatic carbocycles. The average Bonchev–Trinajstić information content (AvgIpc) is 3.70. The lowest BCUT2D eigenvalue weighted by atomic mass is 9.33. The molecule has 0 radical (unpaired) electrons. The van der Waals surface area contributed by atoms with Crippen molar-refractivity contribution in [1.82, 2.24) is 29.6 Å². The van der Waals surface area contributed by atoms with Crippen LogP contribution in [-0.2, 0) is 25.7 Å². The van der Waals surface area contributed by atoms with E-state index in [9.17, 15) is 29.0 Å². The number of aliphatic carboxylic acids is 1. The van der Waals surface area contributed by atoms with Crippen LogP contribution in [0.1, 0.15) is 138 Å². The van der Waals surface area contributed by atoms with E-state index in [0.717, 1.165) is 68.5 Å². The minimum atomic E-state index is -1.20. The zero-order valence-electron chi connectivity index (χ0n) is 37.2. The van der Waals surface area contributed by atoms with Gasteiger partial charge in [-0.15, -0.1) is 10.2 Å².